The molecule has 2 aromatic rings. The molecule has 1 heterocycles. The van der Waals surface area contributed by atoms with E-state index in [0.29, 0.717) is 11.5 Å². The van der Waals surface area contributed by atoms with Gasteiger partial charge in [-0.15, -0.1) is 0 Å². The summed E-state index contributed by atoms with van der Waals surface area (Å²) in [6.45, 7) is 7.64. The molecule has 0 spiro atoms. The first-order valence-corrected chi connectivity index (χ1v) is 8.98. The molecule has 0 radical (unpaired) electrons. The lowest BCUT2D eigenvalue weighted by Crippen LogP contribution is -2.34. The smallest absolute Gasteiger partial charge is 0.335 e. The van der Waals surface area contributed by atoms with Crippen LogP contribution < -0.4 is 0 Å². The molecule has 2 aromatic carbocycles. The van der Waals surface area contributed by atoms with E-state index in [-0.39, 0.29) is 0 Å². The van der Waals surface area contributed by atoms with Gasteiger partial charge < -0.3 is 10.0 Å². The van der Waals surface area contributed by atoms with Gasteiger partial charge in [0.15, 0.2) is 0 Å². The van der Waals surface area contributed by atoms with Crippen LogP contribution in [0.25, 0.3) is 5.57 Å². The van der Waals surface area contributed by atoms with Crippen LogP contribution in [0.5, 0.6) is 0 Å². The number of carboxylic acid groups (broad SMARTS) is 1. The summed E-state index contributed by atoms with van der Waals surface area (Å²) in [5.41, 5.74) is 8.36. The number of fused-ring (bicyclic) bond motifs is 3. The first-order valence-electron chi connectivity index (χ1n) is 8.98. The number of carboxylic acids is 1. The van der Waals surface area contributed by atoms with Gasteiger partial charge in [-0.1, -0.05) is 48.4 Å². The van der Waals surface area contributed by atoms with Crippen LogP contribution in [0, 0.1) is 6.92 Å². The lowest BCUT2D eigenvalue weighted by Gasteiger charge is -2.32. The number of hydrogen-bond acceptors (Lipinski definition) is 2. The van der Waals surface area contributed by atoms with Crippen molar-refractivity contribution in [3.8, 4) is 0 Å². The summed E-state index contributed by atoms with van der Waals surface area (Å²) in [6.07, 6.45) is 1.09. The molecule has 1 aliphatic carbocycles. The van der Waals surface area contributed by atoms with Gasteiger partial charge in [0.25, 0.3) is 0 Å². The van der Waals surface area contributed by atoms with E-state index in [1.54, 1.807) is 12.1 Å². The number of likely N-dealkylation sites (N-methyl/N-ethyl adjacent to an activating group) is 1. The van der Waals surface area contributed by atoms with Crippen LogP contribution >= 0.6 is 0 Å². The van der Waals surface area contributed by atoms with Gasteiger partial charge in [0.1, 0.15) is 0 Å². The number of benzene rings is 2. The number of aryl methyl sites for hydroxylation is 1. The molecule has 0 aromatic heterocycles. The zero-order chi connectivity index (χ0) is 17.6. The summed E-state index contributed by atoms with van der Waals surface area (Å²) in [5.74, 6) is -0.403. The summed E-state index contributed by atoms with van der Waals surface area (Å²) in [7, 11) is 0. The maximum absolute atomic E-state index is 11.2. The first-order chi connectivity index (χ1) is 12.1. The monoisotopic (exact) mass is 333 g/mol. The van der Waals surface area contributed by atoms with Crippen molar-refractivity contribution in [1.82, 2.24) is 4.90 Å². The molecule has 3 heteroatoms. The molecule has 2 aliphatic rings. The molecule has 1 atom stereocenters. The second-order valence-electron chi connectivity index (χ2n) is 7.07. The predicted octanol–water partition coefficient (Wildman–Crippen LogP) is 4.32. The van der Waals surface area contributed by atoms with E-state index in [4.69, 9.17) is 5.11 Å². The third kappa shape index (κ3) is 2.69. The van der Waals surface area contributed by atoms with Gasteiger partial charge in [-0.05, 0) is 54.3 Å². The van der Waals surface area contributed by atoms with Crippen LogP contribution in [0.1, 0.15) is 51.9 Å². The number of piperidine rings is 1. The molecule has 128 valence electrons. The van der Waals surface area contributed by atoms with E-state index in [1.165, 1.54) is 27.8 Å². The van der Waals surface area contributed by atoms with Crippen LogP contribution in [0.3, 0.4) is 0 Å². The molecule has 1 N–H and O–H groups in total. The molecule has 4 rings (SSSR count). The Hall–Kier alpha value is -2.39. The zero-order valence-corrected chi connectivity index (χ0v) is 14.7. The summed E-state index contributed by atoms with van der Waals surface area (Å²) in [5, 5.41) is 9.16. The fraction of sp³-hybridized carbons (Fsp3) is 0.318. The highest BCUT2D eigenvalue weighted by atomic mass is 16.4. The Morgan fingerprint density at radius 3 is 2.64 bits per heavy atom. The minimum absolute atomic E-state index is 0.342. The number of rotatable bonds is 3. The van der Waals surface area contributed by atoms with E-state index >= 15 is 0 Å². The SMILES string of the molecule is CCN1CCC2=C(c3ccc(C(=O)O)cc3)c3cc(C)ccc3[C@@H]2C1. The maximum atomic E-state index is 11.2. The number of hydrogen-bond donors (Lipinski definition) is 1. The third-order valence-electron chi connectivity index (χ3n) is 5.60. The van der Waals surface area contributed by atoms with E-state index in [1.807, 2.05) is 12.1 Å². The normalized spacial score (nSPS) is 19.7. The predicted molar refractivity (Wildman–Crippen MR) is 100 cm³/mol. The molecule has 25 heavy (non-hydrogen) atoms. The van der Waals surface area contributed by atoms with Crippen molar-refractivity contribution < 1.29 is 9.90 Å². The Morgan fingerprint density at radius 1 is 1.20 bits per heavy atom. The second-order valence-corrected chi connectivity index (χ2v) is 7.07. The average molecular weight is 333 g/mol. The number of carbonyl (C=O) groups is 1. The molecule has 1 aliphatic heterocycles. The molecule has 0 unspecified atom stereocenters. The number of likely N-dealkylation sites (tertiary alicyclic amines) is 1. The molecule has 1 fully saturated rings. The number of nitrogens with zero attached hydrogens (tertiary/aromatic N) is 1. The molecule has 1 saturated heterocycles. The lowest BCUT2D eigenvalue weighted by molar-refractivity contribution is 0.0697. The highest BCUT2D eigenvalue weighted by Gasteiger charge is 2.35. The van der Waals surface area contributed by atoms with Gasteiger partial charge in [0.2, 0.25) is 0 Å². The molecular weight excluding hydrogens is 310 g/mol. The van der Waals surface area contributed by atoms with Gasteiger partial charge in [0.05, 0.1) is 5.56 Å². The Balaban J connectivity index is 1.84. The van der Waals surface area contributed by atoms with Gasteiger partial charge in [-0.3, -0.25) is 0 Å². The van der Waals surface area contributed by atoms with Crippen molar-refractivity contribution in [2.45, 2.75) is 26.2 Å². The van der Waals surface area contributed by atoms with Crippen molar-refractivity contribution in [3.63, 3.8) is 0 Å². The quantitative estimate of drug-likeness (QED) is 0.909. The largest absolute Gasteiger partial charge is 0.478 e. The van der Waals surface area contributed by atoms with E-state index in [2.05, 4.69) is 36.9 Å². The molecule has 3 nitrogen and oxygen atoms in total. The highest BCUT2D eigenvalue weighted by molar-refractivity contribution is 5.91. The van der Waals surface area contributed by atoms with E-state index < -0.39 is 5.97 Å². The topological polar surface area (TPSA) is 40.5 Å². The Kier molecular flexibility index (Phi) is 3.97. The Morgan fingerprint density at radius 2 is 1.96 bits per heavy atom. The fourth-order valence-electron chi connectivity index (χ4n) is 4.27. The molecule has 0 amide bonds. The van der Waals surface area contributed by atoms with Crippen LogP contribution in [-0.4, -0.2) is 35.6 Å². The van der Waals surface area contributed by atoms with E-state index in [0.717, 1.165) is 31.6 Å². The van der Waals surface area contributed by atoms with Crippen LogP contribution in [0.15, 0.2) is 48.0 Å². The lowest BCUT2D eigenvalue weighted by atomic mass is 9.89. The van der Waals surface area contributed by atoms with Crippen LogP contribution in [0.4, 0.5) is 0 Å². The van der Waals surface area contributed by atoms with Gasteiger partial charge in [0, 0.05) is 19.0 Å². The Labute approximate surface area is 148 Å². The summed E-state index contributed by atoms with van der Waals surface area (Å²) in [6, 6.07) is 14.1. The molecule has 0 bridgehead atoms. The third-order valence-corrected chi connectivity index (χ3v) is 5.60. The van der Waals surface area contributed by atoms with Crippen molar-refractivity contribution in [2.24, 2.45) is 0 Å². The fourth-order valence-corrected chi connectivity index (χ4v) is 4.27. The van der Waals surface area contributed by atoms with Crippen LogP contribution in [-0.2, 0) is 0 Å². The second kappa shape index (κ2) is 6.16. The standard InChI is InChI=1S/C22H23NO2/c1-3-23-11-10-18-20(13-23)17-9-4-14(2)12-19(17)21(18)15-5-7-16(8-6-15)22(24)25/h4-9,12,20H,3,10-11,13H2,1-2H3,(H,24,25)/t20-/m0/s1. The first kappa shape index (κ1) is 16.1. The van der Waals surface area contributed by atoms with Crippen molar-refractivity contribution in [1.29, 1.82) is 0 Å². The minimum Gasteiger partial charge on any atom is -0.478 e. The Bertz CT molecular complexity index is 864. The maximum Gasteiger partial charge on any atom is 0.335 e. The van der Waals surface area contributed by atoms with Gasteiger partial charge in [-0.25, -0.2) is 4.79 Å². The number of aromatic carboxylic acids is 1. The van der Waals surface area contributed by atoms with Gasteiger partial charge in [-0.2, -0.15) is 0 Å². The molecule has 0 saturated carbocycles. The van der Waals surface area contributed by atoms with Crippen molar-refractivity contribution in [3.05, 3.63) is 75.9 Å². The zero-order valence-electron chi connectivity index (χ0n) is 14.7. The summed E-state index contributed by atoms with van der Waals surface area (Å²) < 4.78 is 0. The highest BCUT2D eigenvalue weighted by Crippen LogP contribution is 2.48. The van der Waals surface area contributed by atoms with Crippen molar-refractivity contribution in [2.75, 3.05) is 19.6 Å². The minimum atomic E-state index is -0.874. The van der Waals surface area contributed by atoms with Crippen LogP contribution in [0.2, 0.25) is 0 Å². The average Bonchev–Trinajstić information content (AvgIpc) is 2.94. The van der Waals surface area contributed by atoms with E-state index in [9.17, 15) is 4.79 Å². The molecular formula is C22H23NO2. The summed E-state index contributed by atoms with van der Waals surface area (Å²) in [4.78, 5) is 13.7. The van der Waals surface area contributed by atoms with Crippen molar-refractivity contribution >= 4 is 11.5 Å². The summed E-state index contributed by atoms with van der Waals surface area (Å²) >= 11 is 0. The van der Waals surface area contributed by atoms with Gasteiger partial charge >= 0.3 is 5.97 Å².